The van der Waals surface area contributed by atoms with Crippen LogP contribution in [-0.4, -0.2) is 77.5 Å². The third-order valence-corrected chi connectivity index (χ3v) is 5.87. The Bertz CT molecular complexity index is 1030. The number of rotatable bonds is 10. The quantitative estimate of drug-likeness (QED) is 0.550. The van der Waals surface area contributed by atoms with E-state index in [1.165, 1.54) is 11.0 Å². The highest BCUT2D eigenvalue weighted by atomic mass is 19.1. The van der Waals surface area contributed by atoms with Gasteiger partial charge in [0.1, 0.15) is 11.9 Å². The van der Waals surface area contributed by atoms with Gasteiger partial charge < -0.3 is 30.4 Å². The molecule has 1 atom stereocenters. The summed E-state index contributed by atoms with van der Waals surface area (Å²) in [5.41, 5.74) is 9.02. The first-order chi connectivity index (χ1) is 16.5. The Morgan fingerprint density at radius 2 is 2.12 bits per heavy atom. The van der Waals surface area contributed by atoms with Gasteiger partial charge in [0.25, 0.3) is 0 Å². The summed E-state index contributed by atoms with van der Waals surface area (Å²) in [4.78, 5) is 20.0. The largest absolute Gasteiger partial charge is 0.441 e. The summed E-state index contributed by atoms with van der Waals surface area (Å²) in [5, 5.41) is 15.3. The number of amides is 1. The van der Waals surface area contributed by atoms with E-state index >= 15 is 0 Å². The molecule has 0 radical (unpaired) electrons. The van der Waals surface area contributed by atoms with Crippen LogP contribution in [0, 0.1) is 5.82 Å². The summed E-state index contributed by atoms with van der Waals surface area (Å²) in [5.74, 6) is -0.0209. The molecule has 2 aliphatic heterocycles. The average molecular weight is 471 g/mol. The molecule has 2 aliphatic rings. The molecule has 1 aromatic carbocycles. The Kier molecular flexibility index (Phi) is 7.56. The summed E-state index contributed by atoms with van der Waals surface area (Å²) in [6, 6.07) is 8.02. The Hall–Kier alpha value is -3.28. The number of halogens is 1. The number of hydrazine groups is 1. The number of carbonyl (C=O) groups is 1. The third kappa shape index (κ3) is 5.27. The van der Waals surface area contributed by atoms with Crippen molar-refractivity contribution in [2.24, 2.45) is 5.10 Å². The highest BCUT2D eigenvalue weighted by Crippen LogP contribution is 2.29. The van der Waals surface area contributed by atoms with Crippen molar-refractivity contribution in [1.29, 1.82) is 0 Å². The van der Waals surface area contributed by atoms with Crippen molar-refractivity contribution in [3.8, 4) is 11.1 Å². The molecule has 1 amide bonds. The molecule has 0 unspecified atom stereocenters. The second kappa shape index (κ2) is 10.8. The molecule has 4 rings (SSSR count). The van der Waals surface area contributed by atoms with Crippen molar-refractivity contribution >= 4 is 17.6 Å². The maximum absolute atomic E-state index is 14.9. The van der Waals surface area contributed by atoms with Crippen LogP contribution in [0.4, 0.5) is 14.9 Å². The van der Waals surface area contributed by atoms with Crippen molar-refractivity contribution in [2.75, 3.05) is 44.2 Å². The van der Waals surface area contributed by atoms with E-state index in [2.05, 4.69) is 39.8 Å². The van der Waals surface area contributed by atoms with Gasteiger partial charge in [0.2, 0.25) is 0 Å². The number of pyridine rings is 1. The van der Waals surface area contributed by atoms with Gasteiger partial charge in [0.05, 0.1) is 24.5 Å². The Morgan fingerprint density at radius 3 is 2.76 bits per heavy atom. The molecule has 0 saturated carbocycles. The number of aliphatic hydroxyl groups excluding tert-OH is 1. The molecule has 182 valence electrons. The number of nitrogens with one attached hydrogen (secondary N) is 1. The first-order valence-electron chi connectivity index (χ1n) is 11.4. The monoisotopic (exact) mass is 470 g/mol. The lowest BCUT2D eigenvalue weighted by molar-refractivity contribution is 0.0963. The van der Waals surface area contributed by atoms with Crippen LogP contribution in [0.25, 0.3) is 16.6 Å². The van der Waals surface area contributed by atoms with Crippen molar-refractivity contribution in [2.45, 2.75) is 26.4 Å². The molecule has 1 saturated heterocycles. The number of anilines is 1. The fourth-order valence-corrected chi connectivity index (χ4v) is 3.88. The molecule has 0 spiro atoms. The average Bonchev–Trinajstić information content (AvgIpc) is 3.48. The van der Waals surface area contributed by atoms with Crippen LogP contribution in [0.2, 0.25) is 0 Å². The molecule has 0 aliphatic carbocycles. The van der Waals surface area contributed by atoms with Gasteiger partial charge in [0, 0.05) is 23.9 Å². The van der Waals surface area contributed by atoms with Crippen LogP contribution in [0.1, 0.15) is 26.0 Å². The van der Waals surface area contributed by atoms with Gasteiger partial charge in [-0.2, -0.15) is 0 Å². The highest BCUT2D eigenvalue weighted by Gasteiger charge is 2.32. The third-order valence-electron chi connectivity index (χ3n) is 5.87. The number of ether oxygens (including phenoxy) is 1. The van der Waals surface area contributed by atoms with E-state index in [4.69, 9.17) is 4.74 Å². The number of aromatic nitrogens is 1. The maximum Gasteiger partial charge on any atom is 0.414 e. The lowest BCUT2D eigenvalue weighted by Gasteiger charge is -2.23. The second-order valence-electron chi connectivity index (χ2n) is 8.03. The maximum atomic E-state index is 14.9. The van der Waals surface area contributed by atoms with E-state index < -0.39 is 18.0 Å². The number of hydrazone groups is 1. The summed E-state index contributed by atoms with van der Waals surface area (Å²) >= 11 is 0. The van der Waals surface area contributed by atoms with Crippen LogP contribution in [0.5, 0.6) is 0 Å². The number of nitrogens with zero attached hydrogens (tertiary/aromatic N) is 6. The van der Waals surface area contributed by atoms with E-state index in [1.807, 2.05) is 0 Å². The smallest absolute Gasteiger partial charge is 0.414 e. The molecule has 34 heavy (non-hydrogen) atoms. The van der Waals surface area contributed by atoms with Gasteiger partial charge in [-0.3, -0.25) is 9.88 Å². The first-order valence-corrected chi connectivity index (χ1v) is 11.4. The fraction of sp³-hybridized carbons (Fsp3) is 0.435. The van der Waals surface area contributed by atoms with Crippen LogP contribution >= 0.6 is 0 Å². The van der Waals surface area contributed by atoms with Crippen molar-refractivity contribution in [3.05, 3.63) is 53.5 Å². The minimum Gasteiger partial charge on any atom is -0.441 e. The van der Waals surface area contributed by atoms with E-state index in [0.717, 1.165) is 32.6 Å². The van der Waals surface area contributed by atoms with Crippen molar-refractivity contribution in [3.63, 3.8) is 0 Å². The number of aliphatic hydroxyl groups is 1. The molecular weight excluding hydrogens is 441 g/mol. The van der Waals surface area contributed by atoms with Gasteiger partial charge in [-0.15, -0.1) is 0 Å². The van der Waals surface area contributed by atoms with Crippen LogP contribution in [0.15, 0.2) is 41.6 Å². The summed E-state index contributed by atoms with van der Waals surface area (Å²) in [7, 11) is 0. The normalized spacial score (nSPS) is 17.9. The number of amidine groups is 1. The second-order valence-corrected chi connectivity index (χ2v) is 8.03. The van der Waals surface area contributed by atoms with E-state index in [-0.39, 0.29) is 13.2 Å². The first kappa shape index (κ1) is 23.9. The van der Waals surface area contributed by atoms with Crippen LogP contribution in [-0.2, 0) is 4.74 Å². The van der Waals surface area contributed by atoms with Gasteiger partial charge >= 0.3 is 6.09 Å². The molecular formula is C23H29FN7O3-. The standard InChI is InChI=1S/C23H29FN7O3/c1-3-29(4-2)10-5-11-31-27-22(26-28-31)21-9-6-16(13-25-21)19-8-7-17(12-20(19)24)30-14-18(15-32)34-23(30)33/h6-9,12-13,18,32H,3-5,10-11,14-15H2,1-2H3,(H-,25,26,27,28)/q-1/t18-/m1/s1. The molecule has 0 bridgehead atoms. The van der Waals surface area contributed by atoms with Crippen molar-refractivity contribution in [1.82, 2.24) is 20.5 Å². The zero-order valence-electron chi connectivity index (χ0n) is 19.3. The van der Waals surface area contributed by atoms with E-state index in [1.54, 1.807) is 35.6 Å². The molecule has 11 heteroatoms. The van der Waals surface area contributed by atoms with E-state index in [0.29, 0.717) is 28.3 Å². The number of hydrogen-bond donors (Lipinski definition) is 2. The topological polar surface area (TPSA) is 108 Å². The molecule has 2 aromatic rings. The molecule has 10 nitrogen and oxygen atoms in total. The highest BCUT2D eigenvalue weighted by molar-refractivity contribution is 6.06. The van der Waals surface area contributed by atoms with Gasteiger partial charge in [-0.1, -0.05) is 19.9 Å². The van der Waals surface area contributed by atoms with Crippen LogP contribution in [0.3, 0.4) is 0 Å². The minimum absolute atomic E-state index is 0.177. The van der Waals surface area contributed by atoms with Crippen molar-refractivity contribution < 1.29 is 19.0 Å². The molecule has 1 fully saturated rings. The summed E-state index contributed by atoms with van der Waals surface area (Å²) < 4.78 is 19.9. The number of carbonyl (C=O) groups excluding carboxylic acids is 1. The predicted molar refractivity (Wildman–Crippen MR) is 126 cm³/mol. The zero-order chi connectivity index (χ0) is 24.1. The Morgan fingerprint density at radius 1 is 1.29 bits per heavy atom. The number of hydrogen-bond acceptors (Lipinski definition) is 8. The van der Waals surface area contributed by atoms with E-state index in [9.17, 15) is 14.3 Å². The SMILES string of the molecule is CCN(CC)CCCN1N=C(c2ccc(-c3ccc(N4C[C@H](CO)OC4=O)cc3F)cn2)[N-]N1. The Labute approximate surface area is 197 Å². The van der Waals surface area contributed by atoms with Gasteiger partial charge in [-0.25, -0.2) is 14.7 Å². The molecule has 3 heterocycles. The van der Waals surface area contributed by atoms with Crippen LogP contribution < -0.4 is 10.4 Å². The minimum atomic E-state index is -0.608. The summed E-state index contributed by atoms with van der Waals surface area (Å²) in [6.07, 6.45) is 1.32. The predicted octanol–water partition coefficient (Wildman–Crippen LogP) is 2.71. The molecule has 1 aromatic heterocycles. The van der Waals surface area contributed by atoms with Gasteiger partial charge in [-0.05, 0) is 56.2 Å². The Balaban J connectivity index is 1.39. The van der Waals surface area contributed by atoms with Gasteiger partial charge in [0.15, 0.2) is 0 Å². The number of cyclic esters (lactones) is 1. The molecule has 2 N–H and O–H groups in total. The lowest BCUT2D eigenvalue weighted by atomic mass is 10.1. The summed E-state index contributed by atoms with van der Waals surface area (Å²) in [6.45, 7) is 7.97. The zero-order valence-corrected chi connectivity index (χ0v) is 19.3. The fourth-order valence-electron chi connectivity index (χ4n) is 3.88. The number of benzene rings is 1. The lowest BCUT2D eigenvalue weighted by Crippen LogP contribution is -2.30.